The molecule has 1 aliphatic heterocycles. The SMILES string of the molecule is CCCCN1CCN(CCOC)[C@@H](CC)C1. The molecule has 0 spiro atoms. The fourth-order valence-electron chi connectivity index (χ4n) is 2.43. The zero-order valence-corrected chi connectivity index (χ0v) is 11.2. The first-order valence-corrected chi connectivity index (χ1v) is 6.77. The highest BCUT2D eigenvalue weighted by molar-refractivity contribution is 4.81. The monoisotopic (exact) mass is 228 g/mol. The van der Waals surface area contributed by atoms with E-state index in [9.17, 15) is 0 Å². The molecule has 0 aliphatic carbocycles. The van der Waals surface area contributed by atoms with Gasteiger partial charge in [-0.3, -0.25) is 4.90 Å². The Kier molecular flexibility index (Phi) is 7.01. The highest BCUT2D eigenvalue weighted by atomic mass is 16.5. The van der Waals surface area contributed by atoms with Gasteiger partial charge in [-0.05, 0) is 19.4 Å². The Morgan fingerprint density at radius 2 is 2.00 bits per heavy atom. The molecule has 0 N–H and O–H groups in total. The minimum absolute atomic E-state index is 0.737. The van der Waals surface area contributed by atoms with Crippen LogP contribution in [0.15, 0.2) is 0 Å². The Morgan fingerprint density at radius 1 is 1.19 bits per heavy atom. The quantitative estimate of drug-likeness (QED) is 0.661. The van der Waals surface area contributed by atoms with Crippen LogP contribution in [0.25, 0.3) is 0 Å². The first kappa shape index (κ1) is 13.9. The summed E-state index contributed by atoms with van der Waals surface area (Å²) >= 11 is 0. The molecule has 0 saturated carbocycles. The molecular weight excluding hydrogens is 200 g/mol. The molecule has 0 amide bonds. The zero-order valence-electron chi connectivity index (χ0n) is 11.2. The van der Waals surface area contributed by atoms with Crippen molar-refractivity contribution in [3.05, 3.63) is 0 Å². The lowest BCUT2D eigenvalue weighted by atomic mass is 10.1. The van der Waals surface area contributed by atoms with Gasteiger partial charge in [-0.15, -0.1) is 0 Å². The van der Waals surface area contributed by atoms with Gasteiger partial charge in [0.25, 0.3) is 0 Å². The number of unbranched alkanes of at least 4 members (excludes halogenated alkanes) is 1. The lowest BCUT2D eigenvalue weighted by Gasteiger charge is -2.41. The maximum atomic E-state index is 5.17. The molecule has 3 nitrogen and oxygen atoms in total. The summed E-state index contributed by atoms with van der Waals surface area (Å²) in [7, 11) is 1.79. The normalized spacial score (nSPS) is 23.8. The number of ether oxygens (including phenoxy) is 1. The van der Waals surface area contributed by atoms with E-state index in [1.807, 2.05) is 0 Å². The summed E-state index contributed by atoms with van der Waals surface area (Å²) in [4.78, 5) is 5.22. The van der Waals surface area contributed by atoms with Crippen LogP contribution >= 0.6 is 0 Å². The Bertz CT molecular complexity index is 175. The first-order valence-electron chi connectivity index (χ1n) is 6.77. The first-order chi connectivity index (χ1) is 7.81. The minimum Gasteiger partial charge on any atom is -0.383 e. The van der Waals surface area contributed by atoms with Gasteiger partial charge in [0.2, 0.25) is 0 Å². The van der Waals surface area contributed by atoms with Crippen LogP contribution in [-0.4, -0.2) is 62.3 Å². The van der Waals surface area contributed by atoms with E-state index in [0.717, 1.165) is 19.2 Å². The number of rotatable bonds is 7. The topological polar surface area (TPSA) is 15.7 Å². The number of hydrogen-bond donors (Lipinski definition) is 0. The van der Waals surface area contributed by atoms with Gasteiger partial charge in [0.15, 0.2) is 0 Å². The molecule has 0 radical (unpaired) electrons. The minimum atomic E-state index is 0.737. The average Bonchev–Trinajstić information content (AvgIpc) is 2.34. The summed E-state index contributed by atoms with van der Waals surface area (Å²) < 4.78 is 5.17. The van der Waals surface area contributed by atoms with Crippen molar-refractivity contribution in [1.82, 2.24) is 9.80 Å². The van der Waals surface area contributed by atoms with E-state index in [0.29, 0.717) is 0 Å². The van der Waals surface area contributed by atoms with Crippen LogP contribution in [0.2, 0.25) is 0 Å². The van der Waals surface area contributed by atoms with E-state index in [-0.39, 0.29) is 0 Å². The van der Waals surface area contributed by atoms with E-state index >= 15 is 0 Å². The van der Waals surface area contributed by atoms with E-state index < -0.39 is 0 Å². The third-order valence-electron chi connectivity index (χ3n) is 3.57. The molecule has 1 heterocycles. The van der Waals surface area contributed by atoms with Crippen molar-refractivity contribution in [2.75, 3.05) is 46.4 Å². The third kappa shape index (κ3) is 4.40. The molecule has 1 rings (SSSR count). The molecule has 0 aromatic heterocycles. The molecule has 0 unspecified atom stereocenters. The molecule has 3 heteroatoms. The van der Waals surface area contributed by atoms with Crippen molar-refractivity contribution in [2.45, 2.75) is 39.2 Å². The largest absolute Gasteiger partial charge is 0.383 e. The van der Waals surface area contributed by atoms with Gasteiger partial charge in [-0.25, -0.2) is 0 Å². The number of hydrogen-bond acceptors (Lipinski definition) is 3. The predicted octanol–water partition coefficient (Wildman–Crippen LogP) is 1.83. The summed E-state index contributed by atoms with van der Waals surface area (Å²) in [6.07, 6.45) is 3.90. The Balaban J connectivity index is 2.31. The maximum absolute atomic E-state index is 5.17. The smallest absolute Gasteiger partial charge is 0.0589 e. The van der Waals surface area contributed by atoms with Crippen LogP contribution in [0.3, 0.4) is 0 Å². The number of nitrogens with zero attached hydrogens (tertiary/aromatic N) is 2. The van der Waals surface area contributed by atoms with Gasteiger partial charge >= 0.3 is 0 Å². The van der Waals surface area contributed by atoms with Crippen molar-refractivity contribution in [2.24, 2.45) is 0 Å². The van der Waals surface area contributed by atoms with Gasteiger partial charge in [0.1, 0.15) is 0 Å². The molecule has 0 aromatic rings. The van der Waals surface area contributed by atoms with E-state index in [4.69, 9.17) is 4.74 Å². The number of piperazine rings is 1. The van der Waals surface area contributed by atoms with E-state index in [1.165, 1.54) is 45.4 Å². The summed E-state index contributed by atoms with van der Waals surface area (Å²) in [6, 6.07) is 0.737. The molecule has 96 valence electrons. The van der Waals surface area contributed by atoms with Crippen molar-refractivity contribution in [3.8, 4) is 0 Å². The Morgan fingerprint density at radius 3 is 2.62 bits per heavy atom. The summed E-state index contributed by atoms with van der Waals surface area (Å²) in [5.41, 5.74) is 0. The molecule has 0 aromatic carbocycles. The highest BCUT2D eigenvalue weighted by Crippen LogP contribution is 2.13. The van der Waals surface area contributed by atoms with Crippen LogP contribution in [0, 0.1) is 0 Å². The van der Waals surface area contributed by atoms with Crippen molar-refractivity contribution >= 4 is 0 Å². The molecule has 0 bridgehead atoms. The maximum Gasteiger partial charge on any atom is 0.0589 e. The lowest BCUT2D eigenvalue weighted by Crippen LogP contribution is -2.53. The lowest BCUT2D eigenvalue weighted by molar-refractivity contribution is 0.0493. The summed E-state index contributed by atoms with van der Waals surface area (Å²) in [6.45, 7) is 11.5. The zero-order chi connectivity index (χ0) is 11.8. The van der Waals surface area contributed by atoms with Gasteiger partial charge < -0.3 is 9.64 Å². The van der Waals surface area contributed by atoms with E-state index in [2.05, 4.69) is 23.6 Å². The van der Waals surface area contributed by atoms with Crippen LogP contribution in [0.5, 0.6) is 0 Å². The highest BCUT2D eigenvalue weighted by Gasteiger charge is 2.24. The fourth-order valence-corrected chi connectivity index (χ4v) is 2.43. The Hall–Kier alpha value is -0.120. The third-order valence-corrected chi connectivity index (χ3v) is 3.57. The van der Waals surface area contributed by atoms with Gasteiger partial charge in [-0.1, -0.05) is 20.3 Å². The van der Waals surface area contributed by atoms with Crippen molar-refractivity contribution in [3.63, 3.8) is 0 Å². The van der Waals surface area contributed by atoms with Gasteiger partial charge in [0.05, 0.1) is 6.61 Å². The van der Waals surface area contributed by atoms with Crippen LogP contribution in [0.1, 0.15) is 33.1 Å². The molecular formula is C13H28N2O. The second-order valence-corrected chi connectivity index (χ2v) is 4.75. The van der Waals surface area contributed by atoms with Crippen LogP contribution in [0.4, 0.5) is 0 Å². The molecule has 1 atom stereocenters. The van der Waals surface area contributed by atoms with Gasteiger partial charge in [-0.2, -0.15) is 0 Å². The molecule has 1 fully saturated rings. The predicted molar refractivity (Wildman–Crippen MR) is 68.9 cm³/mol. The fraction of sp³-hybridized carbons (Fsp3) is 1.00. The summed E-state index contributed by atoms with van der Waals surface area (Å²) in [5.74, 6) is 0. The Labute approximate surface area is 101 Å². The van der Waals surface area contributed by atoms with E-state index in [1.54, 1.807) is 7.11 Å². The second kappa shape index (κ2) is 8.04. The van der Waals surface area contributed by atoms with Gasteiger partial charge in [0, 0.05) is 39.3 Å². The van der Waals surface area contributed by atoms with Crippen LogP contribution in [-0.2, 0) is 4.74 Å². The molecule has 1 aliphatic rings. The molecule has 1 saturated heterocycles. The standard InChI is InChI=1S/C13H28N2O/c1-4-6-7-14-8-9-15(10-11-16-3)13(5-2)12-14/h13H,4-12H2,1-3H3/t13-/m0/s1. The second-order valence-electron chi connectivity index (χ2n) is 4.75. The molecule has 16 heavy (non-hydrogen) atoms. The average molecular weight is 228 g/mol. The van der Waals surface area contributed by atoms with Crippen LogP contribution < -0.4 is 0 Å². The van der Waals surface area contributed by atoms with Crippen molar-refractivity contribution in [1.29, 1.82) is 0 Å². The van der Waals surface area contributed by atoms with Crippen molar-refractivity contribution < 1.29 is 4.74 Å². The number of methoxy groups -OCH3 is 1. The summed E-state index contributed by atoms with van der Waals surface area (Å²) in [5, 5.41) is 0.